The molecule has 23 heavy (non-hydrogen) atoms. The molecule has 0 spiro atoms. The quantitative estimate of drug-likeness (QED) is 0.190. The Kier molecular flexibility index (Phi) is 13.7. The van der Waals surface area contributed by atoms with E-state index in [-0.39, 0.29) is 0 Å². The van der Waals surface area contributed by atoms with Crippen molar-refractivity contribution in [3.63, 3.8) is 0 Å². The molecule has 0 heterocycles. The summed E-state index contributed by atoms with van der Waals surface area (Å²) >= 11 is 0. The first-order valence-corrected chi connectivity index (χ1v) is 15.3. The number of rotatable bonds is 16. The van der Waals surface area contributed by atoms with Crippen molar-refractivity contribution in [3.8, 4) is 0 Å². The third kappa shape index (κ3) is 11.5. The Morgan fingerprint density at radius 1 is 0.435 bits per heavy atom. The summed E-state index contributed by atoms with van der Waals surface area (Å²) in [5, 5.41) is 0. The summed E-state index contributed by atoms with van der Waals surface area (Å²) in [5.74, 6) is 0. The van der Waals surface area contributed by atoms with Crippen molar-refractivity contribution >= 4 is 16.8 Å². The smallest absolute Gasteiger partial charge is 0.247 e. The molecule has 0 unspecified atom stereocenters. The van der Waals surface area contributed by atoms with Gasteiger partial charge < -0.3 is 8.22 Å². The van der Waals surface area contributed by atoms with E-state index in [9.17, 15) is 0 Å². The van der Waals surface area contributed by atoms with E-state index in [0.717, 1.165) is 94.1 Å². The Bertz CT molecular complexity index is 230. The van der Waals surface area contributed by atoms with Crippen molar-refractivity contribution in [1.82, 2.24) is 0 Å². The molecule has 0 N–H and O–H groups in total. The minimum atomic E-state index is -2.60. The van der Waals surface area contributed by atoms with Crippen LogP contribution in [0, 0.1) is 0 Å². The Labute approximate surface area is 147 Å². The van der Waals surface area contributed by atoms with Gasteiger partial charge in [0.05, 0.1) is 0 Å². The molecule has 0 aromatic rings. The van der Waals surface area contributed by atoms with E-state index in [1.165, 1.54) is 0 Å². The third-order valence-corrected chi connectivity index (χ3v) is 12.7. The van der Waals surface area contributed by atoms with Crippen LogP contribution < -0.4 is 0 Å². The average molecular weight is 365 g/mol. The van der Waals surface area contributed by atoms with Crippen LogP contribution in [0.2, 0.25) is 36.3 Å². The van der Waals surface area contributed by atoms with Crippen molar-refractivity contribution in [2.45, 2.75) is 122 Å². The molecule has 0 amide bonds. The molecule has 0 atom stereocenters. The molecule has 0 aliphatic carbocycles. The van der Waals surface area contributed by atoms with Gasteiger partial charge in [-0.05, 0) is 36.3 Å². The lowest BCUT2D eigenvalue weighted by molar-refractivity contribution is 0.661. The Hall–Kier alpha value is 0.294. The highest BCUT2D eigenvalue weighted by Gasteiger charge is 2.36. The van der Waals surface area contributed by atoms with Gasteiger partial charge in [-0.3, -0.25) is 0 Å². The number of halogens is 2. The average Bonchev–Trinajstić information content (AvgIpc) is 2.55. The van der Waals surface area contributed by atoms with Crippen LogP contribution in [0.1, 0.15) is 85.5 Å². The molecule has 0 aromatic carbocycles. The van der Waals surface area contributed by atoms with Crippen molar-refractivity contribution < 1.29 is 8.22 Å². The third-order valence-electron chi connectivity index (χ3n) is 5.16. The van der Waals surface area contributed by atoms with Crippen molar-refractivity contribution in [3.05, 3.63) is 0 Å². The van der Waals surface area contributed by atoms with E-state index in [0.29, 0.717) is 0 Å². The van der Waals surface area contributed by atoms with Crippen LogP contribution in [0.3, 0.4) is 0 Å². The predicted octanol–water partition coefficient (Wildman–Crippen LogP) is 8.41. The second-order valence-electron chi connectivity index (χ2n) is 7.57. The molecular formula is C19H42F2Si2. The lowest BCUT2D eigenvalue weighted by Crippen LogP contribution is -2.31. The fourth-order valence-corrected chi connectivity index (χ4v) is 10.9. The molecular weight excluding hydrogens is 322 g/mol. The standard InChI is InChI=1S/C19H42F2Si2/c1-5-9-14-22(20,15-10-6-2)18-13-19-23(21,16-11-7-3)17-12-8-4/h5-19H2,1-4H3. The van der Waals surface area contributed by atoms with Gasteiger partial charge in [-0.2, -0.15) is 0 Å². The summed E-state index contributed by atoms with van der Waals surface area (Å²) < 4.78 is 30.6. The molecule has 0 saturated heterocycles. The van der Waals surface area contributed by atoms with E-state index in [2.05, 4.69) is 27.7 Å². The van der Waals surface area contributed by atoms with Gasteiger partial charge >= 0.3 is 0 Å². The minimum Gasteiger partial charge on any atom is -0.314 e. The largest absolute Gasteiger partial charge is 0.314 e. The zero-order valence-electron chi connectivity index (χ0n) is 16.4. The van der Waals surface area contributed by atoms with Gasteiger partial charge in [-0.1, -0.05) is 85.5 Å². The van der Waals surface area contributed by atoms with Crippen LogP contribution in [0.15, 0.2) is 0 Å². The maximum Gasteiger partial charge on any atom is 0.247 e. The molecule has 0 fully saturated rings. The van der Waals surface area contributed by atoms with Crippen molar-refractivity contribution in [1.29, 1.82) is 0 Å². The first kappa shape index (κ1) is 23.3. The molecule has 0 aliphatic rings. The van der Waals surface area contributed by atoms with Gasteiger partial charge in [-0.15, -0.1) is 0 Å². The monoisotopic (exact) mass is 364 g/mol. The summed E-state index contributed by atoms with van der Waals surface area (Å²) in [6, 6.07) is 4.71. The first-order chi connectivity index (χ1) is 10.9. The molecule has 0 rings (SSSR count). The van der Waals surface area contributed by atoms with E-state index >= 15 is 8.22 Å². The van der Waals surface area contributed by atoms with Crippen LogP contribution in [0.5, 0.6) is 0 Å². The van der Waals surface area contributed by atoms with E-state index < -0.39 is 16.8 Å². The highest BCUT2D eigenvalue weighted by Crippen LogP contribution is 2.34. The predicted molar refractivity (Wildman–Crippen MR) is 107 cm³/mol. The summed E-state index contributed by atoms with van der Waals surface area (Å²) in [6.45, 7) is 8.57. The van der Waals surface area contributed by atoms with E-state index in [4.69, 9.17) is 0 Å². The van der Waals surface area contributed by atoms with Crippen LogP contribution in [0.25, 0.3) is 0 Å². The fraction of sp³-hybridized carbons (Fsp3) is 1.00. The lowest BCUT2D eigenvalue weighted by Gasteiger charge is -2.26. The second kappa shape index (κ2) is 13.6. The van der Waals surface area contributed by atoms with E-state index in [1.54, 1.807) is 0 Å². The van der Waals surface area contributed by atoms with Crippen molar-refractivity contribution in [2.24, 2.45) is 0 Å². The van der Waals surface area contributed by atoms with Crippen LogP contribution >= 0.6 is 0 Å². The maximum atomic E-state index is 15.3. The molecule has 0 aliphatic heterocycles. The summed E-state index contributed by atoms with van der Waals surface area (Å²) in [7, 11) is -5.20. The van der Waals surface area contributed by atoms with Gasteiger partial charge in [0, 0.05) is 0 Å². The summed E-state index contributed by atoms with van der Waals surface area (Å²) in [6.07, 6.45) is 9.25. The molecule has 0 aromatic heterocycles. The Morgan fingerprint density at radius 2 is 0.652 bits per heavy atom. The summed E-state index contributed by atoms with van der Waals surface area (Å²) in [4.78, 5) is 0. The zero-order chi connectivity index (χ0) is 17.6. The molecule has 0 saturated carbocycles. The van der Waals surface area contributed by atoms with Gasteiger partial charge in [0.2, 0.25) is 16.8 Å². The highest BCUT2D eigenvalue weighted by molar-refractivity contribution is 6.74. The zero-order valence-corrected chi connectivity index (χ0v) is 18.4. The van der Waals surface area contributed by atoms with Crippen LogP contribution in [-0.4, -0.2) is 16.8 Å². The summed E-state index contributed by atoms with van der Waals surface area (Å²) in [5.41, 5.74) is 0. The van der Waals surface area contributed by atoms with Gasteiger partial charge in [0.15, 0.2) is 0 Å². The number of unbranched alkanes of at least 4 members (excludes halogenated alkanes) is 4. The second-order valence-corrected chi connectivity index (χ2v) is 15.2. The van der Waals surface area contributed by atoms with Gasteiger partial charge in [0.1, 0.15) is 0 Å². The fourth-order valence-electron chi connectivity index (χ4n) is 3.45. The normalized spacial score (nSPS) is 12.8. The minimum absolute atomic E-state index is 0.726. The highest BCUT2D eigenvalue weighted by atomic mass is 28.4. The molecule has 0 bridgehead atoms. The topological polar surface area (TPSA) is 0 Å². The number of hydrogen-bond donors (Lipinski definition) is 0. The molecule has 0 nitrogen and oxygen atoms in total. The first-order valence-electron chi connectivity index (χ1n) is 10.3. The lowest BCUT2D eigenvalue weighted by atomic mass is 10.4. The molecule has 4 heteroatoms. The van der Waals surface area contributed by atoms with Gasteiger partial charge in [-0.25, -0.2) is 0 Å². The Morgan fingerprint density at radius 3 is 0.870 bits per heavy atom. The Balaban J connectivity index is 4.47. The van der Waals surface area contributed by atoms with Crippen molar-refractivity contribution in [2.75, 3.05) is 0 Å². The van der Waals surface area contributed by atoms with Crippen LogP contribution in [0.4, 0.5) is 8.22 Å². The van der Waals surface area contributed by atoms with E-state index in [1.807, 2.05) is 0 Å². The maximum absolute atomic E-state index is 15.3. The molecule has 0 radical (unpaired) electrons. The van der Waals surface area contributed by atoms with Crippen LogP contribution in [-0.2, 0) is 0 Å². The molecule has 140 valence electrons. The van der Waals surface area contributed by atoms with Gasteiger partial charge in [0.25, 0.3) is 0 Å². The SMILES string of the molecule is CCCC[Si](F)(CCCC)CCC[Si](F)(CCCC)CCCC. The number of hydrogen-bond acceptors (Lipinski definition) is 0.